The Hall–Kier alpha value is -1.95. The Labute approximate surface area is 124 Å². The average molecular weight is 294 g/mol. The topological polar surface area (TPSA) is 92.5 Å². The molecular weight excluding hydrogens is 272 g/mol. The van der Waals surface area contributed by atoms with Crippen LogP contribution in [0.25, 0.3) is 0 Å². The first-order valence-electron chi connectivity index (χ1n) is 7.07. The zero-order valence-corrected chi connectivity index (χ0v) is 12.5. The second kappa shape index (κ2) is 7.73. The first kappa shape index (κ1) is 17.1. The molecule has 1 aromatic carbocycles. The first-order chi connectivity index (χ1) is 9.96. The predicted molar refractivity (Wildman–Crippen MR) is 79.9 cm³/mol. The number of amides is 1. The van der Waals surface area contributed by atoms with E-state index in [1.165, 1.54) is 12.1 Å². The fourth-order valence-corrected chi connectivity index (χ4v) is 2.09. The molecule has 0 heterocycles. The van der Waals surface area contributed by atoms with Crippen LogP contribution in [0, 0.1) is 15.5 Å². The van der Waals surface area contributed by atoms with Crippen molar-refractivity contribution in [2.45, 2.75) is 33.1 Å². The van der Waals surface area contributed by atoms with E-state index in [4.69, 9.17) is 0 Å². The number of nitrogens with one attached hydrogen (secondary N) is 1. The van der Waals surface area contributed by atoms with Gasteiger partial charge in [-0.2, -0.15) is 0 Å². The molecule has 6 nitrogen and oxygen atoms in total. The van der Waals surface area contributed by atoms with Crippen LogP contribution in [0.4, 0.5) is 5.69 Å². The Balaban J connectivity index is 2.62. The molecule has 0 atom stereocenters. The minimum Gasteiger partial charge on any atom is -0.396 e. The van der Waals surface area contributed by atoms with E-state index in [0.29, 0.717) is 12.1 Å². The van der Waals surface area contributed by atoms with Crippen molar-refractivity contribution in [3.05, 3.63) is 39.9 Å². The fourth-order valence-electron chi connectivity index (χ4n) is 2.09. The number of nitrogens with zero attached hydrogens (tertiary/aromatic N) is 1. The summed E-state index contributed by atoms with van der Waals surface area (Å²) in [5.41, 5.74) is 0.287. The third-order valence-electron chi connectivity index (χ3n) is 3.98. The Morgan fingerprint density at radius 2 is 2.05 bits per heavy atom. The number of carbonyl (C=O) groups excluding carboxylic acids is 1. The summed E-state index contributed by atoms with van der Waals surface area (Å²) in [6, 6.07) is 6.05. The lowest BCUT2D eigenvalue weighted by atomic mass is 9.83. The number of non-ortho nitro benzene ring substituents is 1. The zero-order valence-electron chi connectivity index (χ0n) is 12.5. The number of aliphatic hydroxyl groups excluding tert-OH is 1. The lowest BCUT2D eigenvalue weighted by Gasteiger charge is -2.29. The highest BCUT2D eigenvalue weighted by Gasteiger charge is 2.25. The monoisotopic (exact) mass is 294 g/mol. The van der Waals surface area contributed by atoms with Gasteiger partial charge in [-0.15, -0.1) is 0 Å². The van der Waals surface area contributed by atoms with E-state index in [1.54, 1.807) is 12.1 Å². The molecule has 0 bridgehead atoms. The quantitative estimate of drug-likeness (QED) is 0.567. The Bertz CT molecular complexity index is 490. The van der Waals surface area contributed by atoms with Crippen molar-refractivity contribution in [1.29, 1.82) is 0 Å². The van der Waals surface area contributed by atoms with Crippen LogP contribution in [0.15, 0.2) is 24.3 Å². The molecule has 0 unspecified atom stereocenters. The molecule has 0 aromatic heterocycles. The van der Waals surface area contributed by atoms with Crippen molar-refractivity contribution < 1.29 is 14.8 Å². The van der Waals surface area contributed by atoms with Crippen molar-refractivity contribution in [2.24, 2.45) is 5.41 Å². The lowest BCUT2D eigenvalue weighted by Crippen LogP contribution is -2.39. The van der Waals surface area contributed by atoms with Crippen LogP contribution in [0.3, 0.4) is 0 Å². The molecule has 0 saturated carbocycles. The summed E-state index contributed by atoms with van der Waals surface area (Å²) < 4.78 is 0. The molecule has 2 N–H and O–H groups in total. The minimum absolute atomic E-state index is 0.0212. The highest BCUT2D eigenvalue weighted by atomic mass is 16.6. The Kier molecular flexibility index (Phi) is 6.30. The summed E-state index contributed by atoms with van der Waals surface area (Å²) in [4.78, 5) is 22.1. The molecule has 21 heavy (non-hydrogen) atoms. The number of rotatable bonds is 8. The van der Waals surface area contributed by atoms with Gasteiger partial charge >= 0.3 is 0 Å². The van der Waals surface area contributed by atoms with Gasteiger partial charge in [0.05, 0.1) is 18.0 Å². The third-order valence-corrected chi connectivity index (χ3v) is 3.98. The molecule has 1 rings (SSSR count). The van der Waals surface area contributed by atoms with Crippen LogP contribution in [-0.4, -0.2) is 29.1 Å². The number of benzene rings is 1. The summed E-state index contributed by atoms with van der Waals surface area (Å²) in [5, 5.41) is 22.9. The van der Waals surface area contributed by atoms with Crippen molar-refractivity contribution >= 4 is 11.6 Å². The van der Waals surface area contributed by atoms with Gasteiger partial charge in [-0.3, -0.25) is 14.9 Å². The fraction of sp³-hybridized carbons (Fsp3) is 0.533. The van der Waals surface area contributed by atoms with Gasteiger partial charge in [-0.25, -0.2) is 0 Å². The van der Waals surface area contributed by atoms with E-state index in [1.807, 2.05) is 13.8 Å². The van der Waals surface area contributed by atoms with Gasteiger partial charge in [0.2, 0.25) is 5.91 Å². The maximum Gasteiger partial charge on any atom is 0.269 e. The molecule has 0 aliphatic heterocycles. The van der Waals surface area contributed by atoms with Gasteiger partial charge in [0.1, 0.15) is 0 Å². The molecule has 1 aromatic rings. The number of hydrogen-bond donors (Lipinski definition) is 2. The van der Waals surface area contributed by atoms with Gasteiger partial charge in [0.15, 0.2) is 0 Å². The predicted octanol–water partition coefficient (Wildman–Crippen LogP) is 2.05. The Morgan fingerprint density at radius 1 is 1.38 bits per heavy atom. The molecule has 0 fully saturated rings. The van der Waals surface area contributed by atoms with E-state index >= 15 is 0 Å². The summed E-state index contributed by atoms with van der Waals surface area (Å²) in [6.45, 7) is 4.39. The molecule has 0 saturated heterocycles. The van der Waals surface area contributed by atoms with Crippen molar-refractivity contribution in [2.75, 3.05) is 13.2 Å². The number of carbonyl (C=O) groups is 1. The maximum atomic E-state index is 11.9. The van der Waals surface area contributed by atoms with Gasteiger partial charge < -0.3 is 10.4 Å². The molecule has 0 spiro atoms. The number of nitro groups is 1. The lowest BCUT2D eigenvalue weighted by molar-refractivity contribution is -0.384. The summed E-state index contributed by atoms with van der Waals surface area (Å²) in [7, 11) is 0. The molecule has 1 amide bonds. The van der Waals surface area contributed by atoms with Gasteiger partial charge in [0.25, 0.3) is 5.69 Å². The third kappa shape index (κ3) is 4.82. The van der Waals surface area contributed by atoms with Crippen LogP contribution in [0.2, 0.25) is 0 Å². The van der Waals surface area contributed by atoms with Gasteiger partial charge in [-0.05, 0) is 18.4 Å². The Morgan fingerprint density at radius 3 is 2.57 bits per heavy atom. The SMILES string of the molecule is CCC(CC)(CO)CNC(=O)Cc1cccc([N+](=O)[O-])c1. The number of nitro benzene ring substituents is 1. The smallest absolute Gasteiger partial charge is 0.269 e. The van der Waals surface area contributed by atoms with Crippen LogP contribution >= 0.6 is 0 Å². The summed E-state index contributed by atoms with van der Waals surface area (Å²) >= 11 is 0. The normalized spacial score (nSPS) is 11.2. The van der Waals surface area contributed by atoms with Crippen LogP contribution in [0.1, 0.15) is 32.3 Å². The van der Waals surface area contributed by atoms with Crippen molar-refractivity contribution in [3.63, 3.8) is 0 Å². The van der Waals surface area contributed by atoms with E-state index < -0.39 is 4.92 Å². The van der Waals surface area contributed by atoms with E-state index in [-0.39, 0.29) is 30.0 Å². The first-order valence-corrected chi connectivity index (χ1v) is 7.07. The van der Waals surface area contributed by atoms with Crippen LogP contribution in [0.5, 0.6) is 0 Å². The number of hydrogen-bond acceptors (Lipinski definition) is 4. The second-order valence-electron chi connectivity index (χ2n) is 5.25. The minimum atomic E-state index is -0.480. The molecule has 0 aliphatic rings. The highest BCUT2D eigenvalue weighted by molar-refractivity contribution is 5.78. The highest BCUT2D eigenvalue weighted by Crippen LogP contribution is 2.24. The van der Waals surface area contributed by atoms with Gasteiger partial charge in [0, 0.05) is 24.1 Å². The summed E-state index contributed by atoms with van der Waals surface area (Å²) in [5.74, 6) is -0.199. The molecule has 116 valence electrons. The van der Waals surface area contributed by atoms with Gasteiger partial charge in [-0.1, -0.05) is 26.0 Å². The zero-order chi connectivity index (χ0) is 15.9. The molecule has 6 heteroatoms. The van der Waals surface area contributed by atoms with E-state index in [9.17, 15) is 20.0 Å². The standard InChI is InChI=1S/C15H22N2O4/c1-3-15(4-2,11-18)10-16-14(19)9-12-6-5-7-13(8-12)17(20)21/h5-8,18H,3-4,9-11H2,1-2H3,(H,16,19). The molecule has 0 aliphatic carbocycles. The van der Waals surface area contributed by atoms with Crippen molar-refractivity contribution in [3.8, 4) is 0 Å². The molecular formula is C15H22N2O4. The van der Waals surface area contributed by atoms with E-state index in [2.05, 4.69) is 5.32 Å². The molecule has 0 radical (unpaired) electrons. The second-order valence-corrected chi connectivity index (χ2v) is 5.25. The average Bonchev–Trinajstić information content (AvgIpc) is 2.49. The number of aliphatic hydroxyl groups is 1. The largest absolute Gasteiger partial charge is 0.396 e. The van der Waals surface area contributed by atoms with E-state index in [0.717, 1.165) is 12.8 Å². The summed E-state index contributed by atoms with van der Waals surface area (Å²) in [6.07, 6.45) is 1.64. The van der Waals surface area contributed by atoms with Crippen LogP contribution in [-0.2, 0) is 11.2 Å². The maximum absolute atomic E-state index is 11.9. The van der Waals surface area contributed by atoms with Crippen LogP contribution < -0.4 is 5.32 Å². The van der Waals surface area contributed by atoms with Crippen molar-refractivity contribution in [1.82, 2.24) is 5.32 Å².